The van der Waals surface area contributed by atoms with Crippen LogP contribution in [0, 0.1) is 0 Å². The standard InChI is InChI=1S/C12H18N4O3S/c1-2-19-11(17)9-15-4-3-5-16(7-6-15)12(18)10-8-13-14-20-10/h8H,2-7,9H2,1H3. The highest BCUT2D eigenvalue weighted by Crippen LogP contribution is 2.10. The third kappa shape index (κ3) is 3.97. The molecule has 0 radical (unpaired) electrons. The van der Waals surface area contributed by atoms with E-state index >= 15 is 0 Å². The topological polar surface area (TPSA) is 75.6 Å². The van der Waals surface area contributed by atoms with E-state index in [1.165, 1.54) is 6.20 Å². The van der Waals surface area contributed by atoms with E-state index in [1.54, 1.807) is 11.8 Å². The zero-order valence-corrected chi connectivity index (χ0v) is 12.3. The second-order valence-electron chi connectivity index (χ2n) is 4.51. The van der Waals surface area contributed by atoms with Gasteiger partial charge in [0.15, 0.2) is 0 Å². The summed E-state index contributed by atoms with van der Waals surface area (Å²) in [6.07, 6.45) is 2.34. The average Bonchev–Trinajstić information content (AvgIpc) is 2.86. The third-order valence-corrected chi connectivity index (χ3v) is 3.76. The molecule has 0 unspecified atom stereocenters. The number of esters is 1. The largest absolute Gasteiger partial charge is 0.465 e. The molecule has 1 amide bonds. The van der Waals surface area contributed by atoms with E-state index < -0.39 is 0 Å². The Balaban J connectivity index is 1.86. The molecule has 0 saturated carbocycles. The van der Waals surface area contributed by atoms with Crippen LogP contribution in [0.1, 0.15) is 23.0 Å². The van der Waals surface area contributed by atoms with Gasteiger partial charge in [0.25, 0.3) is 5.91 Å². The van der Waals surface area contributed by atoms with Crippen molar-refractivity contribution in [1.82, 2.24) is 19.4 Å². The Bertz CT molecular complexity index is 452. The fourth-order valence-corrected chi connectivity index (χ4v) is 2.62. The highest BCUT2D eigenvalue weighted by Gasteiger charge is 2.22. The minimum atomic E-state index is -0.209. The summed E-state index contributed by atoms with van der Waals surface area (Å²) in [5.74, 6) is -0.239. The maximum atomic E-state index is 12.2. The van der Waals surface area contributed by atoms with Gasteiger partial charge in [0.2, 0.25) is 0 Å². The summed E-state index contributed by atoms with van der Waals surface area (Å²) in [5, 5.41) is 3.69. The van der Waals surface area contributed by atoms with Crippen LogP contribution < -0.4 is 0 Å². The highest BCUT2D eigenvalue weighted by atomic mass is 32.1. The second kappa shape index (κ2) is 7.30. The fraction of sp³-hybridized carbons (Fsp3) is 0.667. The second-order valence-corrected chi connectivity index (χ2v) is 5.29. The molecule has 8 heteroatoms. The van der Waals surface area contributed by atoms with Gasteiger partial charge in [-0.3, -0.25) is 14.5 Å². The maximum absolute atomic E-state index is 12.2. The van der Waals surface area contributed by atoms with Crippen LogP contribution in [0.3, 0.4) is 0 Å². The van der Waals surface area contributed by atoms with Crippen molar-refractivity contribution in [3.05, 3.63) is 11.1 Å². The molecule has 0 bridgehead atoms. The summed E-state index contributed by atoms with van der Waals surface area (Å²) in [4.78, 5) is 28.0. The van der Waals surface area contributed by atoms with Gasteiger partial charge in [0.05, 0.1) is 19.3 Å². The first-order chi connectivity index (χ1) is 9.70. The van der Waals surface area contributed by atoms with E-state index in [-0.39, 0.29) is 18.4 Å². The minimum absolute atomic E-state index is 0.0296. The van der Waals surface area contributed by atoms with Gasteiger partial charge < -0.3 is 9.64 Å². The van der Waals surface area contributed by atoms with Crippen molar-refractivity contribution in [1.29, 1.82) is 0 Å². The van der Waals surface area contributed by atoms with Crippen LogP contribution in [0.5, 0.6) is 0 Å². The Morgan fingerprint density at radius 1 is 1.35 bits per heavy atom. The lowest BCUT2D eigenvalue weighted by molar-refractivity contribution is -0.144. The number of hydrogen-bond donors (Lipinski definition) is 0. The summed E-state index contributed by atoms with van der Waals surface area (Å²) < 4.78 is 8.65. The number of ether oxygens (including phenoxy) is 1. The van der Waals surface area contributed by atoms with Crippen LogP contribution in [0.15, 0.2) is 6.20 Å². The molecule has 1 saturated heterocycles. The lowest BCUT2D eigenvalue weighted by Crippen LogP contribution is -2.36. The first kappa shape index (κ1) is 14.9. The fourth-order valence-electron chi connectivity index (χ4n) is 2.14. The minimum Gasteiger partial charge on any atom is -0.465 e. The first-order valence-corrected chi connectivity index (χ1v) is 7.42. The van der Waals surface area contributed by atoms with Crippen LogP contribution in [0.2, 0.25) is 0 Å². The zero-order chi connectivity index (χ0) is 14.4. The van der Waals surface area contributed by atoms with Gasteiger partial charge >= 0.3 is 5.97 Å². The van der Waals surface area contributed by atoms with E-state index in [9.17, 15) is 9.59 Å². The molecule has 2 rings (SSSR count). The van der Waals surface area contributed by atoms with E-state index in [0.29, 0.717) is 31.1 Å². The van der Waals surface area contributed by atoms with Crippen LogP contribution in [0.4, 0.5) is 0 Å². The Morgan fingerprint density at radius 2 is 2.20 bits per heavy atom. The summed E-state index contributed by atoms with van der Waals surface area (Å²) in [5.41, 5.74) is 0. The van der Waals surface area contributed by atoms with Crippen LogP contribution in [0.25, 0.3) is 0 Å². The molecule has 110 valence electrons. The number of aromatic nitrogens is 2. The molecular formula is C12H18N4O3S. The summed E-state index contributed by atoms with van der Waals surface area (Å²) >= 11 is 1.11. The Hall–Kier alpha value is -1.54. The number of amides is 1. The molecule has 1 aliphatic rings. The third-order valence-electron chi connectivity index (χ3n) is 3.11. The summed E-state index contributed by atoms with van der Waals surface area (Å²) in [6.45, 7) is 5.25. The molecule has 0 N–H and O–H groups in total. The first-order valence-electron chi connectivity index (χ1n) is 6.65. The van der Waals surface area contributed by atoms with Gasteiger partial charge in [0, 0.05) is 26.2 Å². The van der Waals surface area contributed by atoms with Crippen molar-refractivity contribution in [3.8, 4) is 0 Å². The van der Waals surface area contributed by atoms with Crippen molar-refractivity contribution in [3.63, 3.8) is 0 Å². The molecule has 1 aromatic rings. The molecular weight excluding hydrogens is 280 g/mol. The monoisotopic (exact) mass is 298 g/mol. The van der Waals surface area contributed by atoms with Crippen molar-refractivity contribution < 1.29 is 14.3 Å². The van der Waals surface area contributed by atoms with E-state index in [2.05, 4.69) is 9.59 Å². The van der Waals surface area contributed by atoms with E-state index in [1.807, 2.05) is 4.90 Å². The normalized spacial score (nSPS) is 16.8. The molecule has 20 heavy (non-hydrogen) atoms. The van der Waals surface area contributed by atoms with Crippen LogP contribution >= 0.6 is 11.5 Å². The Kier molecular flexibility index (Phi) is 5.42. The van der Waals surface area contributed by atoms with Gasteiger partial charge in [-0.25, -0.2) is 0 Å². The van der Waals surface area contributed by atoms with Gasteiger partial charge in [-0.15, -0.1) is 5.10 Å². The predicted octanol–water partition coefficient (Wildman–Crippen LogP) is 0.249. The van der Waals surface area contributed by atoms with Crippen molar-refractivity contribution in [2.45, 2.75) is 13.3 Å². The molecule has 0 aliphatic carbocycles. The molecule has 1 aliphatic heterocycles. The van der Waals surface area contributed by atoms with Crippen LogP contribution in [-0.4, -0.2) is 70.6 Å². The molecule has 0 atom stereocenters. The lowest BCUT2D eigenvalue weighted by Gasteiger charge is -2.20. The molecule has 0 aromatic carbocycles. The smallest absolute Gasteiger partial charge is 0.320 e. The summed E-state index contributed by atoms with van der Waals surface area (Å²) in [7, 11) is 0. The zero-order valence-electron chi connectivity index (χ0n) is 11.4. The molecule has 2 heterocycles. The number of hydrogen-bond acceptors (Lipinski definition) is 7. The van der Waals surface area contributed by atoms with Gasteiger partial charge in [-0.05, 0) is 24.9 Å². The van der Waals surface area contributed by atoms with Crippen LogP contribution in [-0.2, 0) is 9.53 Å². The lowest BCUT2D eigenvalue weighted by atomic mass is 10.3. The number of rotatable bonds is 4. The highest BCUT2D eigenvalue weighted by molar-refractivity contribution is 7.07. The quantitative estimate of drug-likeness (QED) is 0.742. The van der Waals surface area contributed by atoms with Gasteiger partial charge in [-0.1, -0.05) is 4.49 Å². The van der Waals surface area contributed by atoms with E-state index in [4.69, 9.17) is 4.74 Å². The molecule has 1 fully saturated rings. The van der Waals surface area contributed by atoms with Crippen molar-refractivity contribution in [2.75, 3.05) is 39.3 Å². The van der Waals surface area contributed by atoms with Gasteiger partial charge in [-0.2, -0.15) is 0 Å². The van der Waals surface area contributed by atoms with Crippen molar-refractivity contribution in [2.24, 2.45) is 0 Å². The number of carbonyl (C=O) groups excluding carboxylic acids is 2. The summed E-state index contributed by atoms with van der Waals surface area (Å²) in [6, 6.07) is 0. The Labute approximate surface area is 121 Å². The Morgan fingerprint density at radius 3 is 2.90 bits per heavy atom. The molecule has 7 nitrogen and oxygen atoms in total. The van der Waals surface area contributed by atoms with E-state index in [0.717, 1.165) is 24.5 Å². The average molecular weight is 298 g/mol. The maximum Gasteiger partial charge on any atom is 0.320 e. The number of carbonyl (C=O) groups is 2. The number of nitrogens with zero attached hydrogens (tertiary/aromatic N) is 4. The predicted molar refractivity (Wildman–Crippen MR) is 73.5 cm³/mol. The SMILES string of the molecule is CCOC(=O)CN1CCCN(C(=O)c2cnns2)CC1. The van der Waals surface area contributed by atoms with Crippen molar-refractivity contribution >= 4 is 23.4 Å². The molecule has 0 spiro atoms. The molecule has 1 aromatic heterocycles. The van der Waals surface area contributed by atoms with Gasteiger partial charge in [0.1, 0.15) is 4.88 Å².